The lowest BCUT2D eigenvalue weighted by atomic mass is 9.97. The van der Waals surface area contributed by atoms with Crippen LogP contribution in [0.3, 0.4) is 0 Å². The molecular formula is C14H12BrN3O. The molecule has 0 aliphatic heterocycles. The predicted molar refractivity (Wildman–Crippen MR) is 77.3 cm³/mol. The largest absolute Gasteiger partial charge is 0.457 e. The van der Waals surface area contributed by atoms with E-state index < -0.39 is 0 Å². The maximum Gasteiger partial charge on any atom is 0.174 e. The van der Waals surface area contributed by atoms with Crippen LogP contribution in [0.4, 0.5) is 0 Å². The van der Waals surface area contributed by atoms with Crippen molar-refractivity contribution in [2.24, 2.45) is 5.84 Å². The molecule has 3 N–H and O–H groups in total. The Morgan fingerprint density at radius 2 is 2.11 bits per heavy atom. The molecule has 0 spiro atoms. The summed E-state index contributed by atoms with van der Waals surface area (Å²) in [6, 6.07) is 9.82. The number of hydrazine groups is 1. The summed E-state index contributed by atoms with van der Waals surface area (Å²) in [5.74, 6) is 5.72. The molecule has 3 aromatic rings. The van der Waals surface area contributed by atoms with E-state index in [2.05, 4.69) is 32.4 Å². The van der Waals surface area contributed by atoms with Gasteiger partial charge in [0.2, 0.25) is 0 Å². The molecule has 96 valence electrons. The molecule has 4 nitrogen and oxygen atoms in total. The van der Waals surface area contributed by atoms with Gasteiger partial charge in [-0.1, -0.05) is 18.2 Å². The van der Waals surface area contributed by atoms with Crippen LogP contribution >= 0.6 is 15.9 Å². The molecule has 0 saturated carbocycles. The number of nitrogens with two attached hydrogens (primary N) is 1. The third-order valence-corrected chi connectivity index (χ3v) is 3.80. The van der Waals surface area contributed by atoms with Crippen LogP contribution in [0.5, 0.6) is 0 Å². The molecule has 1 atom stereocenters. The molecule has 0 fully saturated rings. The van der Waals surface area contributed by atoms with Gasteiger partial charge in [0.25, 0.3) is 0 Å². The van der Waals surface area contributed by atoms with Crippen molar-refractivity contribution >= 4 is 26.7 Å². The number of hydrogen-bond acceptors (Lipinski definition) is 4. The van der Waals surface area contributed by atoms with E-state index in [1.54, 1.807) is 12.5 Å². The molecule has 0 aliphatic carbocycles. The molecule has 5 heteroatoms. The zero-order valence-electron chi connectivity index (χ0n) is 10.0. The van der Waals surface area contributed by atoms with Crippen LogP contribution in [-0.4, -0.2) is 4.98 Å². The first-order valence-electron chi connectivity index (χ1n) is 5.83. The van der Waals surface area contributed by atoms with E-state index in [1.807, 2.05) is 30.5 Å². The molecular weight excluding hydrogens is 306 g/mol. The number of nitrogens with zero attached hydrogens (tertiary/aromatic N) is 1. The predicted octanol–water partition coefficient (Wildman–Crippen LogP) is 3.14. The number of furan rings is 1. The molecule has 0 bridgehead atoms. The fraction of sp³-hybridized carbons (Fsp3) is 0.0714. The van der Waals surface area contributed by atoms with Gasteiger partial charge in [-0.3, -0.25) is 10.8 Å². The van der Waals surface area contributed by atoms with Crippen LogP contribution in [0.15, 0.2) is 58.1 Å². The van der Waals surface area contributed by atoms with Crippen LogP contribution < -0.4 is 11.3 Å². The van der Waals surface area contributed by atoms with Gasteiger partial charge in [-0.25, -0.2) is 5.43 Å². The zero-order valence-corrected chi connectivity index (χ0v) is 11.6. The summed E-state index contributed by atoms with van der Waals surface area (Å²) < 4.78 is 5.96. The number of benzene rings is 1. The van der Waals surface area contributed by atoms with Crippen molar-refractivity contribution in [3.63, 3.8) is 0 Å². The summed E-state index contributed by atoms with van der Waals surface area (Å²) in [6.45, 7) is 0. The Hall–Kier alpha value is -1.69. The second kappa shape index (κ2) is 5.13. The van der Waals surface area contributed by atoms with Gasteiger partial charge in [0.1, 0.15) is 0 Å². The number of aromatic nitrogens is 1. The van der Waals surface area contributed by atoms with E-state index in [9.17, 15) is 0 Å². The van der Waals surface area contributed by atoms with Gasteiger partial charge in [-0.2, -0.15) is 0 Å². The Morgan fingerprint density at radius 1 is 1.21 bits per heavy atom. The lowest BCUT2D eigenvalue weighted by Gasteiger charge is -2.17. The van der Waals surface area contributed by atoms with E-state index >= 15 is 0 Å². The summed E-state index contributed by atoms with van der Waals surface area (Å²) in [7, 11) is 0. The molecule has 0 amide bonds. The third kappa shape index (κ3) is 2.16. The first-order valence-corrected chi connectivity index (χ1v) is 6.62. The summed E-state index contributed by atoms with van der Waals surface area (Å²) in [6.07, 6.45) is 5.26. The van der Waals surface area contributed by atoms with E-state index in [0.717, 1.165) is 21.9 Å². The van der Waals surface area contributed by atoms with Crippen LogP contribution in [0.2, 0.25) is 0 Å². The van der Waals surface area contributed by atoms with Crippen molar-refractivity contribution in [1.82, 2.24) is 10.4 Å². The van der Waals surface area contributed by atoms with Crippen molar-refractivity contribution in [3.8, 4) is 0 Å². The molecule has 19 heavy (non-hydrogen) atoms. The van der Waals surface area contributed by atoms with Crippen molar-refractivity contribution in [2.75, 3.05) is 0 Å². The standard InChI is InChI=1S/C14H12BrN3O/c15-14-11(5-7-19-14)13(18-16)10-3-1-2-9-4-6-17-8-12(9)10/h1-8,13,18H,16H2. The maximum atomic E-state index is 5.72. The van der Waals surface area contributed by atoms with Crippen molar-refractivity contribution in [1.29, 1.82) is 0 Å². The normalized spacial score (nSPS) is 12.7. The monoisotopic (exact) mass is 317 g/mol. The minimum absolute atomic E-state index is 0.152. The molecule has 0 aliphatic rings. The molecule has 0 saturated heterocycles. The summed E-state index contributed by atoms with van der Waals surface area (Å²) >= 11 is 3.39. The second-order valence-corrected chi connectivity index (χ2v) is 4.91. The quantitative estimate of drug-likeness (QED) is 0.575. The van der Waals surface area contributed by atoms with E-state index in [1.165, 1.54) is 0 Å². The van der Waals surface area contributed by atoms with E-state index in [-0.39, 0.29) is 6.04 Å². The molecule has 1 unspecified atom stereocenters. The lowest BCUT2D eigenvalue weighted by molar-refractivity contribution is 0.527. The topological polar surface area (TPSA) is 64.1 Å². The fourth-order valence-corrected chi connectivity index (χ4v) is 2.72. The molecule has 1 aromatic carbocycles. The van der Waals surface area contributed by atoms with Crippen LogP contribution in [-0.2, 0) is 0 Å². The number of hydrogen-bond donors (Lipinski definition) is 2. The Balaban J connectivity index is 2.20. The highest BCUT2D eigenvalue weighted by atomic mass is 79.9. The maximum absolute atomic E-state index is 5.72. The number of nitrogens with one attached hydrogen (secondary N) is 1. The van der Waals surface area contributed by atoms with E-state index in [4.69, 9.17) is 10.3 Å². The number of rotatable bonds is 3. The first-order chi connectivity index (χ1) is 9.31. The number of pyridine rings is 1. The zero-order chi connectivity index (χ0) is 13.2. The Morgan fingerprint density at radius 3 is 2.84 bits per heavy atom. The minimum Gasteiger partial charge on any atom is -0.457 e. The average molecular weight is 318 g/mol. The molecule has 3 rings (SSSR count). The lowest BCUT2D eigenvalue weighted by Crippen LogP contribution is -2.28. The first kappa shape index (κ1) is 12.3. The van der Waals surface area contributed by atoms with Gasteiger partial charge >= 0.3 is 0 Å². The van der Waals surface area contributed by atoms with Gasteiger partial charge in [-0.05, 0) is 39.0 Å². The smallest absolute Gasteiger partial charge is 0.174 e. The number of fused-ring (bicyclic) bond motifs is 1. The summed E-state index contributed by atoms with van der Waals surface area (Å²) in [4.78, 5) is 4.19. The van der Waals surface area contributed by atoms with Gasteiger partial charge in [0, 0.05) is 23.3 Å². The Labute approximate surface area is 118 Å². The minimum atomic E-state index is -0.152. The van der Waals surface area contributed by atoms with Gasteiger partial charge in [-0.15, -0.1) is 0 Å². The Kier molecular flexibility index (Phi) is 3.33. The molecule has 2 aromatic heterocycles. The summed E-state index contributed by atoms with van der Waals surface area (Å²) in [5.41, 5.74) is 4.86. The van der Waals surface area contributed by atoms with Gasteiger partial charge in [0.15, 0.2) is 4.67 Å². The van der Waals surface area contributed by atoms with Crippen LogP contribution in [0.25, 0.3) is 10.8 Å². The van der Waals surface area contributed by atoms with Crippen molar-refractivity contribution in [2.45, 2.75) is 6.04 Å². The van der Waals surface area contributed by atoms with Crippen LogP contribution in [0, 0.1) is 0 Å². The highest BCUT2D eigenvalue weighted by Gasteiger charge is 2.19. The average Bonchev–Trinajstić information content (AvgIpc) is 2.86. The van der Waals surface area contributed by atoms with Gasteiger partial charge in [0.05, 0.1) is 12.3 Å². The third-order valence-electron chi connectivity index (χ3n) is 3.15. The molecule has 0 radical (unpaired) electrons. The SMILES string of the molecule is NNC(c1ccoc1Br)c1cccc2ccncc12. The summed E-state index contributed by atoms with van der Waals surface area (Å²) in [5, 5.41) is 2.20. The second-order valence-electron chi connectivity index (χ2n) is 4.19. The fourth-order valence-electron chi connectivity index (χ4n) is 2.25. The Bertz CT molecular complexity index is 705. The van der Waals surface area contributed by atoms with Crippen molar-refractivity contribution < 1.29 is 4.42 Å². The molecule has 2 heterocycles. The van der Waals surface area contributed by atoms with Gasteiger partial charge < -0.3 is 4.42 Å². The van der Waals surface area contributed by atoms with Crippen molar-refractivity contribution in [3.05, 3.63) is 64.8 Å². The highest BCUT2D eigenvalue weighted by molar-refractivity contribution is 9.10. The highest BCUT2D eigenvalue weighted by Crippen LogP contribution is 2.32. The van der Waals surface area contributed by atoms with Crippen LogP contribution in [0.1, 0.15) is 17.2 Å². The van der Waals surface area contributed by atoms with E-state index in [0.29, 0.717) is 4.67 Å². The number of halogens is 1.